The highest BCUT2D eigenvalue weighted by molar-refractivity contribution is 8.00. The molecule has 0 saturated carbocycles. The lowest BCUT2D eigenvalue weighted by Crippen LogP contribution is -2.30. The fourth-order valence-electron chi connectivity index (χ4n) is 4.47. The molecule has 0 saturated heterocycles. The van der Waals surface area contributed by atoms with Gasteiger partial charge < -0.3 is 16.0 Å². The number of amides is 3. The fraction of sp³-hybridized carbons (Fsp3) is 0.0857. The molecule has 242 valence electrons. The molecule has 5 aromatic rings. The van der Waals surface area contributed by atoms with E-state index in [4.69, 9.17) is 11.6 Å². The molecular weight excluding hydrogens is 670 g/mol. The number of non-ortho nitro benzene ring substituents is 1. The molecule has 1 unspecified atom stereocenters. The number of nitrogens with zero attached hydrogens (tertiary/aromatic N) is 2. The van der Waals surface area contributed by atoms with Crippen molar-refractivity contribution < 1.29 is 19.3 Å². The molecule has 1 heterocycles. The third-order valence-corrected chi connectivity index (χ3v) is 9.16. The summed E-state index contributed by atoms with van der Waals surface area (Å²) in [7, 11) is 0. The first-order valence-corrected chi connectivity index (χ1v) is 16.7. The Bertz CT molecular complexity index is 2000. The van der Waals surface area contributed by atoms with Gasteiger partial charge in [-0.25, -0.2) is 4.98 Å². The smallest absolute Gasteiger partial charge is 0.272 e. The molecule has 0 aliphatic carbocycles. The molecule has 0 bridgehead atoms. The van der Waals surface area contributed by atoms with E-state index in [1.54, 1.807) is 96.4 Å². The minimum atomic E-state index is -0.547. The summed E-state index contributed by atoms with van der Waals surface area (Å²) in [6.45, 7) is 1.89. The van der Waals surface area contributed by atoms with Crippen LogP contribution in [0.15, 0.2) is 119 Å². The van der Waals surface area contributed by atoms with E-state index in [0.29, 0.717) is 44.6 Å². The number of halogens is 1. The SMILES string of the molecule is CCC(Sc1cccc(NC(=O)/C(=C/c2cccc(Cl)c2)NC(=O)c2ccccc2)c1)C(=O)Nc1nc(-c2cccc([N+](=O)[O-])c2)cs1. The molecule has 3 N–H and O–H groups in total. The van der Waals surface area contributed by atoms with Crippen LogP contribution in [0.5, 0.6) is 0 Å². The third-order valence-electron chi connectivity index (χ3n) is 6.81. The molecule has 0 aliphatic rings. The highest BCUT2D eigenvalue weighted by Crippen LogP contribution is 2.31. The van der Waals surface area contributed by atoms with Crippen LogP contribution in [0.1, 0.15) is 29.3 Å². The predicted molar refractivity (Wildman–Crippen MR) is 191 cm³/mol. The predicted octanol–water partition coefficient (Wildman–Crippen LogP) is 8.29. The zero-order valence-corrected chi connectivity index (χ0v) is 27.8. The van der Waals surface area contributed by atoms with Crippen molar-refractivity contribution >= 4 is 75.0 Å². The molecule has 5 rings (SSSR count). The van der Waals surface area contributed by atoms with Crippen molar-refractivity contribution in [1.29, 1.82) is 0 Å². The van der Waals surface area contributed by atoms with Crippen LogP contribution in [-0.4, -0.2) is 32.9 Å². The fourth-order valence-corrected chi connectivity index (χ4v) is 6.40. The Morgan fingerprint density at radius 2 is 1.73 bits per heavy atom. The van der Waals surface area contributed by atoms with E-state index in [1.807, 2.05) is 13.0 Å². The van der Waals surface area contributed by atoms with E-state index in [-0.39, 0.29) is 17.3 Å². The molecule has 1 atom stereocenters. The summed E-state index contributed by atoms with van der Waals surface area (Å²) < 4.78 is 0. The maximum absolute atomic E-state index is 13.5. The Kier molecular flexibility index (Phi) is 11.4. The van der Waals surface area contributed by atoms with Crippen LogP contribution in [0, 0.1) is 10.1 Å². The standard InChI is InChI=1S/C35H28ClN5O5S2/c1-2-31(34(44)40-35-39-30(21-47-35)24-12-7-15-27(19-24)41(45)46)48-28-16-8-14-26(20-28)37-33(43)29(18-22-9-6-13-25(36)17-22)38-32(42)23-10-4-3-5-11-23/h3-21,31H,2H2,1H3,(H,37,43)(H,38,42)(H,39,40,44)/b29-18-. The van der Waals surface area contributed by atoms with E-state index in [9.17, 15) is 24.5 Å². The first kappa shape index (κ1) is 34.0. The van der Waals surface area contributed by atoms with Crippen molar-refractivity contribution in [3.63, 3.8) is 0 Å². The minimum absolute atomic E-state index is 0.0166. The van der Waals surface area contributed by atoms with E-state index in [1.165, 1.54) is 35.2 Å². The molecule has 48 heavy (non-hydrogen) atoms. The molecule has 1 aromatic heterocycles. The number of carbonyl (C=O) groups excluding carboxylic acids is 3. The van der Waals surface area contributed by atoms with Crippen molar-refractivity contribution in [2.24, 2.45) is 0 Å². The van der Waals surface area contributed by atoms with Crippen LogP contribution in [0.25, 0.3) is 17.3 Å². The Labute approximate surface area is 289 Å². The Balaban J connectivity index is 1.27. The molecule has 0 aliphatic heterocycles. The van der Waals surface area contributed by atoms with Gasteiger partial charge in [-0.1, -0.05) is 67.1 Å². The number of nitrogens with one attached hydrogen (secondary N) is 3. The lowest BCUT2D eigenvalue weighted by molar-refractivity contribution is -0.384. The van der Waals surface area contributed by atoms with Gasteiger partial charge in [0.15, 0.2) is 5.13 Å². The van der Waals surface area contributed by atoms with E-state index < -0.39 is 22.0 Å². The molecular formula is C35H28ClN5O5S2. The number of carbonyl (C=O) groups is 3. The van der Waals surface area contributed by atoms with Crippen molar-refractivity contribution in [2.75, 3.05) is 10.6 Å². The number of thioether (sulfide) groups is 1. The minimum Gasteiger partial charge on any atom is -0.321 e. The number of hydrogen-bond acceptors (Lipinski definition) is 8. The lowest BCUT2D eigenvalue weighted by atomic mass is 10.1. The van der Waals surface area contributed by atoms with E-state index >= 15 is 0 Å². The van der Waals surface area contributed by atoms with Gasteiger partial charge in [0.1, 0.15) is 5.70 Å². The summed E-state index contributed by atoms with van der Waals surface area (Å²) in [5, 5.41) is 21.7. The van der Waals surface area contributed by atoms with Gasteiger partial charge in [0.2, 0.25) is 5.91 Å². The van der Waals surface area contributed by atoms with Crippen LogP contribution < -0.4 is 16.0 Å². The van der Waals surface area contributed by atoms with Crippen molar-refractivity contribution in [3.05, 3.63) is 140 Å². The molecule has 10 nitrogen and oxygen atoms in total. The van der Waals surface area contributed by atoms with Gasteiger partial charge in [-0.3, -0.25) is 24.5 Å². The second-order valence-corrected chi connectivity index (χ2v) is 12.8. The maximum atomic E-state index is 13.5. The normalized spacial score (nSPS) is 11.8. The third kappa shape index (κ3) is 9.16. The highest BCUT2D eigenvalue weighted by Gasteiger charge is 2.21. The summed E-state index contributed by atoms with van der Waals surface area (Å²) in [5.41, 5.74) is 2.55. The first-order valence-electron chi connectivity index (χ1n) is 14.6. The molecule has 0 radical (unpaired) electrons. The number of nitro groups is 1. The van der Waals surface area contributed by atoms with Gasteiger partial charge in [0.05, 0.1) is 15.9 Å². The van der Waals surface area contributed by atoms with Crippen LogP contribution in [0.2, 0.25) is 5.02 Å². The number of hydrogen-bond donors (Lipinski definition) is 3. The van der Waals surface area contributed by atoms with Gasteiger partial charge in [0, 0.05) is 44.2 Å². The monoisotopic (exact) mass is 697 g/mol. The van der Waals surface area contributed by atoms with Crippen LogP contribution >= 0.6 is 34.7 Å². The molecule has 0 spiro atoms. The van der Waals surface area contributed by atoms with Crippen molar-refractivity contribution in [1.82, 2.24) is 10.3 Å². The van der Waals surface area contributed by atoms with Crippen LogP contribution in [0.3, 0.4) is 0 Å². The number of rotatable bonds is 12. The molecule has 13 heteroatoms. The Morgan fingerprint density at radius 1 is 0.958 bits per heavy atom. The second-order valence-electron chi connectivity index (χ2n) is 10.3. The number of aromatic nitrogens is 1. The summed E-state index contributed by atoms with van der Waals surface area (Å²) in [6, 6.07) is 28.7. The summed E-state index contributed by atoms with van der Waals surface area (Å²) >= 11 is 8.70. The van der Waals surface area contributed by atoms with Crippen LogP contribution in [0.4, 0.5) is 16.5 Å². The lowest BCUT2D eigenvalue weighted by Gasteiger charge is -2.15. The van der Waals surface area contributed by atoms with Crippen molar-refractivity contribution in [3.8, 4) is 11.3 Å². The largest absolute Gasteiger partial charge is 0.321 e. The number of nitro benzene ring substituents is 1. The number of thiazole rings is 1. The number of anilines is 2. The highest BCUT2D eigenvalue weighted by atomic mass is 35.5. The average molecular weight is 698 g/mol. The summed E-state index contributed by atoms with van der Waals surface area (Å²) in [5.74, 6) is -1.25. The maximum Gasteiger partial charge on any atom is 0.272 e. The summed E-state index contributed by atoms with van der Waals surface area (Å²) in [4.78, 5) is 55.5. The Morgan fingerprint density at radius 3 is 2.48 bits per heavy atom. The van der Waals surface area contributed by atoms with Gasteiger partial charge in [-0.15, -0.1) is 23.1 Å². The van der Waals surface area contributed by atoms with Gasteiger partial charge in [-0.05, 0) is 60.5 Å². The van der Waals surface area contributed by atoms with Gasteiger partial charge in [0.25, 0.3) is 17.5 Å². The van der Waals surface area contributed by atoms with Crippen molar-refractivity contribution in [2.45, 2.75) is 23.5 Å². The zero-order valence-electron chi connectivity index (χ0n) is 25.4. The quantitative estimate of drug-likeness (QED) is 0.0515. The van der Waals surface area contributed by atoms with Crippen LogP contribution in [-0.2, 0) is 9.59 Å². The van der Waals surface area contributed by atoms with E-state index in [0.717, 1.165) is 4.90 Å². The number of benzene rings is 4. The molecule has 0 fully saturated rings. The second kappa shape index (κ2) is 16.0. The molecule has 4 aromatic carbocycles. The van der Waals surface area contributed by atoms with Gasteiger partial charge >= 0.3 is 0 Å². The summed E-state index contributed by atoms with van der Waals surface area (Å²) in [6.07, 6.45) is 2.05. The molecule has 3 amide bonds. The Hall–Kier alpha value is -5.30. The first-order chi connectivity index (χ1) is 23.2. The average Bonchev–Trinajstić information content (AvgIpc) is 3.56. The topological polar surface area (TPSA) is 143 Å². The van der Waals surface area contributed by atoms with Gasteiger partial charge in [-0.2, -0.15) is 0 Å². The van der Waals surface area contributed by atoms with E-state index in [2.05, 4.69) is 20.9 Å². The zero-order chi connectivity index (χ0) is 34.0.